The third-order valence-corrected chi connectivity index (χ3v) is 7.79. The number of hydrogen-bond donors (Lipinski definition) is 1. The molecule has 0 bridgehead atoms. The van der Waals surface area contributed by atoms with Crippen LogP contribution in [0.25, 0.3) is 11.4 Å². The van der Waals surface area contributed by atoms with E-state index in [1.165, 1.54) is 4.90 Å². The van der Waals surface area contributed by atoms with E-state index in [1.54, 1.807) is 11.6 Å². The first kappa shape index (κ1) is 21.4. The molecule has 5 heterocycles. The Morgan fingerprint density at radius 1 is 1.29 bits per heavy atom. The maximum absolute atomic E-state index is 15.5. The second-order valence-corrected chi connectivity index (χ2v) is 9.58. The average Bonchev–Trinajstić information content (AvgIpc) is 3.56. The Hall–Kier alpha value is -3.18. The number of ether oxygens (including phenoxy) is 1. The third-order valence-electron chi connectivity index (χ3n) is 7.79. The zero-order valence-electron chi connectivity index (χ0n) is 18.8. The molecular formula is C23H25FN6O4. The fourth-order valence-corrected chi connectivity index (χ4v) is 5.68. The minimum Gasteiger partial charge on any atom is -0.456 e. The van der Waals surface area contributed by atoms with Crippen molar-refractivity contribution >= 4 is 11.9 Å². The van der Waals surface area contributed by atoms with Crippen molar-refractivity contribution in [2.75, 3.05) is 32.8 Å². The van der Waals surface area contributed by atoms with Gasteiger partial charge < -0.3 is 14.7 Å². The lowest BCUT2D eigenvalue weighted by Crippen LogP contribution is -2.53. The highest BCUT2D eigenvalue weighted by atomic mass is 19.1. The Morgan fingerprint density at radius 3 is 2.88 bits per heavy atom. The summed E-state index contributed by atoms with van der Waals surface area (Å²) in [5.41, 5.74) is 2.63. The number of β-amino-alcohol motifs (C(OH)–C–C–N with tert-alkyl or cyclic N) is 1. The van der Waals surface area contributed by atoms with Crippen LogP contribution in [-0.4, -0.2) is 85.9 Å². The summed E-state index contributed by atoms with van der Waals surface area (Å²) in [6.45, 7) is 3.53. The molecule has 1 aromatic heterocycles. The summed E-state index contributed by atoms with van der Waals surface area (Å²) in [5, 5.41) is 22.5. The van der Waals surface area contributed by atoms with E-state index in [9.17, 15) is 14.7 Å². The molecule has 0 unspecified atom stereocenters. The van der Waals surface area contributed by atoms with Gasteiger partial charge >= 0.3 is 5.97 Å². The number of nitrogens with zero attached hydrogens (tertiary/aromatic N) is 6. The molecule has 10 nitrogen and oxygen atoms in total. The summed E-state index contributed by atoms with van der Waals surface area (Å²) in [5.74, 6) is 0.0353. The zero-order valence-corrected chi connectivity index (χ0v) is 18.8. The average molecular weight is 468 g/mol. The van der Waals surface area contributed by atoms with Crippen LogP contribution < -0.4 is 0 Å². The quantitative estimate of drug-likeness (QED) is 0.560. The number of cyclic esters (lactones) is 1. The monoisotopic (exact) mass is 468 g/mol. The zero-order chi connectivity index (χ0) is 23.6. The van der Waals surface area contributed by atoms with Gasteiger partial charge in [0, 0.05) is 25.2 Å². The van der Waals surface area contributed by atoms with E-state index in [-0.39, 0.29) is 25.6 Å². The molecule has 6 rings (SSSR count). The van der Waals surface area contributed by atoms with E-state index in [0.717, 1.165) is 16.7 Å². The van der Waals surface area contributed by atoms with Gasteiger partial charge in [0.1, 0.15) is 12.8 Å². The van der Waals surface area contributed by atoms with Crippen LogP contribution in [0.4, 0.5) is 4.39 Å². The van der Waals surface area contributed by atoms with Crippen LogP contribution in [0.5, 0.6) is 0 Å². The van der Waals surface area contributed by atoms with Gasteiger partial charge in [0.05, 0.1) is 29.3 Å². The van der Waals surface area contributed by atoms with Gasteiger partial charge in [-0.05, 0) is 47.9 Å². The van der Waals surface area contributed by atoms with Crippen molar-refractivity contribution in [3.63, 3.8) is 0 Å². The van der Waals surface area contributed by atoms with Gasteiger partial charge in [-0.25, -0.2) is 13.9 Å². The van der Waals surface area contributed by atoms with Crippen LogP contribution in [0.2, 0.25) is 0 Å². The SMILES string of the molecule is CC1=C(N2CC[C@@]3(CCN(C[C@H](O)c4ccc5c(c4)Cn4nnnc4-5)C[C@@H]3F)C2=O)COC1=O. The number of amides is 1. The van der Waals surface area contributed by atoms with Crippen molar-refractivity contribution in [2.24, 2.45) is 5.41 Å². The number of aliphatic hydroxyl groups is 1. The minimum absolute atomic E-state index is 0.0660. The van der Waals surface area contributed by atoms with Gasteiger partial charge in [0.2, 0.25) is 5.91 Å². The number of carbonyl (C=O) groups is 2. The molecule has 0 radical (unpaired) electrons. The Bertz CT molecular complexity index is 1230. The standard InChI is InChI=1S/C23H25FN6O4/c1-13-17(12-34-21(13)32)29-7-5-23(22(29)33)4-6-28(11-19(23)24)10-18(31)14-2-3-16-15(8-14)9-30-20(16)25-26-27-30/h2-3,8,18-19,31H,4-7,9-12H2,1H3/t18-,19-,23+/m0/s1. The van der Waals surface area contributed by atoms with Crippen molar-refractivity contribution in [2.45, 2.75) is 38.6 Å². The number of fused-ring (bicyclic) bond motifs is 3. The number of benzene rings is 1. The maximum Gasteiger partial charge on any atom is 0.336 e. The van der Waals surface area contributed by atoms with Crippen LogP contribution in [0.3, 0.4) is 0 Å². The highest BCUT2D eigenvalue weighted by Gasteiger charge is 2.56. The van der Waals surface area contributed by atoms with Crippen LogP contribution in [0.1, 0.15) is 37.0 Å². The number of hydrogen-bond acceptors (Lipinski definition) is 8. The number of rotatable bonds is 4. The number of esters is 1. The molecule has 1 spiro atoms. The molecule has 2 fully saturated rings. The van der Waals surface area contributed by atoms with E-state index in [0.29, 0.717) is 49.6 Å². The lowest BCUT2D eigenvalue weighted by atomic mass is 9.75. The minimum atomic E-state index is -1.35. The molecule has 2 aromatic rings. The third kappa shape index (κ3) is 3.10. The molecule has 1 amide bonds. The molecule has 3 atom stereocenters. The molecule has 11 heteroatoms. The second-order valence-electron chi connectivity index (χ2n) is 9.58. The normalized spacial score (nSPS) is 27.5. The van der Waals surface area contributed by atoms with Crippen molar-refractivity contribution in [3.8, 4) is 11.4 Å². The maximum atomic E-state index is 15.5. The lowest BCUT2D eigenvalue weighted by molar-refractivity contribution is -0.142. The van der Waals surface area contributed by atoms with Crippen molar-refractivity contribution in [3.05, 3.63) is 40.6 Å². The fourth-order valence-electron chi connectivity index (χ4n) is 5.68. The summed E-state index contributed by atoms with van der Waals surface area (Å²) in [6.07, 6.45) is -1.34. The number of tetrazole rings is 1. The van der Waals surface area contributed by atoms with E-state index in [1.807, 2.05) is 23.1 Å². The first-order chi connectivity index (χ1) is 16.4. The lowest BCUT2D eigenvalue weighted by Gasteiger charge is -2.41. The number of likely N-dealkylation sites (tertiary alicyclic amines) is 2. The van der Waals surface area contributed by atoms with Crippen LogP contribution in [0.15, 0.2) is 29.5 Å². The van der Waals surface area contributed by atoms with Gasteiger partial charge in [0.15, 0.2) is 5.82 Å². The Labute approximate surface area is 195 Å². The number of carbonyl (C=O) groups excluding carboxylic acids is 2. The highest BCUT2D eigenvalue weighted by Crippen LogP contribution is 2.45. The van der Waals surface area contributed by atoms with Gasteiger partial charge in [-0.3, -0.25) is 9.69 Å². The van der Waals surface area contributed by atoms with Crippen molar-refractivity contribution in [1.82, 2.24) is 30.0 Å². The largest absolute Gasteiger partial charge is 0.456 e. The summed E-state index contributed by atoms with van der Waals surface area (Å²) < 4.78 is 22.3. The van der Waals surface area contributed by atoms with E-state index >= 15 is 4.39 Å². The Kier molecular flexibility index (Phi) is 4.82. The van der Waals surface area contributed by atoms with Gasteiger partial charge in [0.25, 0.3) is 0 Å². The van der Waals surface area contributed by atoms with Crippen LogP contribution >= 0.6 is 0 Å². The smallest absolute Gasteiger partial charge is 0.336 e. The van der Waals surface area contributed by atoms with E-state index < -0.39 is 23.7 Å². The summed E-state index contributed by atoms with van der Waals surface area (Å²) in [7, 11) is 0. The van der Waals surface area contributed by atoms with Crippen molar-refractivity contribution < 1.29 is 23.8 Å². The molecule has 2 saturated heterocycles. The number of aliphatic hydroxyl groups excluding tert-OH is 1. The van der Waals surface area contributed by atoms with Gasteiger partial charge in [-0.15, -0.1) is 5.10 Å². The van der Waals surface area contributed by atoms with E-state index in [2.05, 4.69) is 15.5 Å². The molecular weight excluding hydrogens is 443 g/mol. The Balaban J connectivity index is 1.12. The molecule has 34 heavy (non-hydrogen) atoms. The van der Waals surface area contributed by atoms with Crippen LogP contribution in [-0.2, 0) is 20.9 Å². The molecule has 0 saturated carbocycles. The Morgan fingerprint density at radius 2 is 2.12 bits per heavy atom. The molecule has 4 aliphatic rings. The van der Waals surface area contributed by atoms with Crippen molar-refractivity contribution in [1.29, 1.82) is 0 Å². The number of halogens is 1. The molecule has 1 aromatic carbocycles. The highest BCUT2D eigenvalue weighted by molar-refractivity contribution is 5.94. The van der Waals surface area contributed by atoms with Gasteiger partial charge in [-0.1, -0.05) is 18.2 Å². The number of aromatic nitrogens is 4. The summed E-state index contributed by atoms with van der Waals surface area (Å²) in [4.78, 5) is 28.4. The number of piperidine rings is 1. The molecule has 0 aliphatic carbocycles. The predicted octanol–water partition coefficient (Wildman–Crippen LogP) is 0.828. The second kappa shape index (κ2) is 7.67. The molecule has 178 valence electrons. The summed E-state index contributed by atoms with van der Waals surface area (Å²) >= 11 is 0. The number of alkyl halides is 1. The van der Waals surface area contributed by atoms with Gasteiger partial charge in [-0.2, -0.15) is 0 Å². The molecule has 1 N–H and O–H groups in total. The summed E-state index contributed by atoms with van der Waals surface area (Å²) in [6, 6.07) is 5.70. The molecule has 4 aliphatic heterocycles. The fraction of sp³-hybridized carbons (Fsp3) is 0.522. The van der Waals surface area contributed by atoms with Crippen LogP contribution in [0, 0.1) is 5.41 Å². The topological polar surface area (TPSA) is 114 Å². The first-order valence-electron chi connectivity index (χ1n) is 11.5. The predicted molar refractivity (Wildman–Crippen MR) is 116 cm³/mol. The van der Waals surface area contributed by atoms with E-state index in [4.69, 9.17) is 4.74 Å². The first-order valence-corrected chi connectivity index (χ1v) is 11.5.